The van der Waals surface area contributed by atoms with E-state index in [1.165, 1.54) is 4.90 Å². The van der Waals surface area contributed by atoms with Crippen molar-refractivity contribution in [2.24, 2.45) is 5.41 Å². The van der Waals surface area contributed by atoms with E-state index in [4.69, 9.17) is 4.74 Å². The molecule has 1 aliphatic carbocycles. The fourth-order valence-corrected chi connectivity index (χ4v) is 2.91. The normalized spacial score (nSPS) is 29.2. The maximum Gasteiger partial charge on any atom is 0.411 e. The van der Waals surface area contributed by atoms with E-state index < -0.39 is 23.2 Å². The van der Waals surface area contributed by atoms with Crippen LogP contribution in [0, 0.1) is 5.41 Å². The van der Waals surface area contributed by atoms with Crippen LogP contribution in [0.4, 0.5) is 4.79 Å². The van der Waals surface area contributed by atoms with E-state index in [9.17, 15) is 14.7 Å². The number of carbonyl (C=O) groups excluding carboxylic acids is 1. The summed E-state index contributed by atoms with van der Waals surface area (Å²) in [7, 11) is 0. The zero-order valence-corrected chi connectivity index (χ0v) is 12.2. The van der Waals surface area contributed by atoms with Gasteiger partial charge in [-0.3, -0.25) is 4.90 Å². The first-order chi connectivity index (χ1) is 8.58. The second-order valence-corrected chi connectivity index (χ2v) is 7.14. The minimum absolute atomic E-state index is 0.158. The summed E-state index contributed by atoms with van der Waals surface area (Å²) in [5, 5.41) is 9.53. The smallest absolute Gasteiger partial charge is 0.411 e. The van der Waals surface area contributed by atoms with Crippen molar-refractivity contribution in [3.05, 3.63) is 0 Å². The molecule has 1 aliphatic heterocycles. The molecule has 1 atom stereocenters. The summed E-state index contributed by atoms with van der Waals surface area (Å²) in [6.45, 7) is 7.47. The Morgan fingerprint density at radius 3 is 2.21 bits per heavy atom. The molecule has 0 aromatic carbocycles. The van der Waals surface area contributed by atoms with Crippen molar-refractivity contribution in [1.29, 1.82) is 0 Å². The van der Waals surface area contributed by atoms with Gasteiger partial charge < -0.3 is 9.84 Å². The van der Waals surface area contributed by atoms with Crippen LogP contribution in [0.5, 0.6) is 0 Å². The molecule has 0 aromatic heterocycles. The largest absolute Gasteiger partial charge is 0.480 e. The van der Waals surface area contributed by atoms with Gasteiger partial charge in [-0.15, -0.1) is 0 Å². The lowest BCUT2D eigenvalue weighted by Crippen LogP contribution is -2.60. The van der Waals surface area contributed by atoms with Crippen molar-refractivity contribution in [3.63, 3.8) is 0 Å². The molecule has 1 saturated heterocycles. The third-order valence-corrected chi connectivity index (χ3v) is 4.21. The zero-order valence-electron chi connectivity index (χ0n) is 12.2. The standard InChI is InChI=1S/C14H23NO4/c1-12(2,3)19-11(18)15-8-7-14(5-6-14)9-13(15,4)10(16)17/h5-9H2,1-4H3,(H,16,17). The predicted molar refractivity (Wildman–Crippen MR) is 69.9 cm³/mol. The average molecular weight is 269 g/mol. The molecular formula is C14H23NO4. The minimum atomic E-state index is -1.14. The van der Waals surface area contributed by atoms with Crippen molar-refractivity contribution in [2.45, 2.75) is 64.5 Å². The molecule has 19 heavy (non-hydrogen) atoms. The number of hydrogen-bond donors (Lipinski definition) is 1. The molecule has 2 fully saturated rings. The van der Waals surface area contributed by atoms with Gasteiger partial charge in [0.1, 0.15) is 11.1 Å². The molecule has 5 heteroatoms. The molecule has 0 radical (unpaired) electrons. The topological polar surface area (TPSA) is 66.8 Å². The third-order valence-electron chi connectivity index (χ3n) is 4.21. The summed E-state index contributed by atoms with van der Waals surface area (Å²) in [6, 6.07) is 0. The molecule has 0 aromatic rings. The molecular weight excluding hydrogens is 246 g/mol. The van der Waals surface area contributed by atoms with Crippen LogP contribution >= 0.6 is 0 Å². The Balaban J connectivity index is 2.18. The Labute approximate surface area is 113 Å². The van der Waals surface area contributed by atoms with Crippen molar-refractivity contribution >= 4 is 12.1 Å². The number of carboxylic acids is 1. The van der Waals surface area contributed by atoms with Gasteiger partial charge in [-0.2, -0.15) is 0 Å². The van der Waals surface area contributed by atoms with Crippen LogP contribution in [-0.2, 0) is 9.53 Å². The van der Waals surface area contributed by atoms with Crippen LogP contribution in [-0.4, -0.2) is 39.8 Å². The molecule has 1 unspecified atom stereocenters. The maximum atomic E-state index is 12.2. The van der Waals surface area contributed by atoms with E-state index in [0.29, 0.717) is 13.0 Å². The van der Waals surface area contributed by atoms with E-state index >= 15 is 0 Å². The van der Waals surface area contributed by atoms with Gasteiger partial charge in [-0.25, -0.2) is 9.59 Å². The molecule has 1 N–H and O–H groups in total. The van der Waals surface area contributed by atoms with Crippen molar-refractivity contribution in [3.8, 4) is 0 Å². The number of hydrogen-bond acceptors (Lipinski definition) is 3. The van der Waals surface area contributed by atoms with E-state index in [0.717, 1.165) is 19.3 Å². The molecule has 1 amide bonds. The summed E-state index contributed by atoms with van der Waals surface area (Å²) >= 11 is 0. The van der Waals surface area contributed by atoms with Gasteiger partial charge in [0.2, 0.25) is 0 Å². The van der Waals surface area contributed by atoms with Gasteiger partial charge >= 0.3 is 12.1 Å². The first-order valence-electron chi connectivity index (χ1n) is 6.82. The average Bonchev–Trinajstić information content (AvgIpc) is 2.94. The lowest BCUT2D eigenvalue weighted by Gasteiger charge is -2.45. The van der Waals surface area contributed by atoms with Gasteiger partial charge in [0, 0.05) is 6.54 Å². The number of aliphatic carboxylic acids is 1. The fourth-order valence-electron chi connectivity index (χ4n) is 2.91. The van der Waals surface area contributed by atoms with Crippen LogP contribution in [0.2, 0.25) is 0 Å². The first-order valence-corrected chi connectivity index (χ1v) is 6.82. The number of rotatable bonds is 1. The molecule has 1 saturated carbocycles. The van der Waals surface area contributed by atoms with Crippen LogP contribution in [0.25, 0.3) is 0 Å². The predicted octanol–water partition coefficient (Wildman–Crippen LogP) is 2.64. The van der Waals surface area contributed by atoms with Crippen molar-refractivity contribution in [2.75, 3.05) is 6.54 Å². The molecule has 2 aliphatic rings. The highest BCUT2D eigenvalue weighted by molar-refractivity contribution is 5.84. The number of likely N-dealkylation sites (tertiary alicyclic amines) is 1. The van der Waals surface area contributed by atoms with Crippen molar-refractivity contribution in [1.82, 2.24) is 4.90 Å². The van der Waals surface area contributed by atoms with Crippen molar-refractivity contribution < 1.29 is 19.4 Å². The number of amides is 1. The lowest BCUT2D eigenvalue weighted by atomic mass is 9.79. The van der Waals surface area contributed by atoms with Gasteiger partial charge in [0.05, 0.1) is 0 Å². The molecule has 0 bridgehead atoms. The van der Waals surface area contributed by atoms with E-state index in [1.54, 1.807) is 27.7 Å². The van der Waals surface area contributed by atoms with Gasteiger partial charge in [-0.05, 0) is 58.8 Å². The van der Waals surface area contributed by atoms with Crippen LogP contribution < -0.4 is 0 Å². The van der Waals surface area contributed by atoms with Gasteiger partial charge in [0.25, 0.3) is 0 Å². The Kier molecular flexibility index (Phi) is 3.07. The summed E-state index contributed by atoms with van der Waals surface area (Å²) in [5.41, 5.74) is -1.59. The molecule has 108 valence electrons. The lowest BCUT2D eigenvalue weighted by molar-refractivity contribution is -0.154. The minimum Gasteiger partial charge on any atom is -0.480 e. The van der Waals surface area contributed by atoms with Crippen LogP contribution in [0.15, 0.2) is 0 Å². The highest BCUT2D eigenvalue weighted by atomic mass is 16.6. The molecule has 1 spiro atoms. The van der Waals surface area contributed by atoms with Crippen LogP contribution in [0.3, 0.4) is 0 Å². The number of carbonyl (C=O) groups is 2. The zero-order chi connectivity index (χ0) is 14.5. The Morgan fingerprint density at radius 2 is 1.79 bits per heavy atom. The number of piperidine rings is 1. The fraction of sp³-hybridized carbons (Fsp3) is 0.857. The quantitative estimate of drug-likeness (QED) is 0.794. The number of nitrogens with zero attached hydrogens (tertiary/aromatic N) is 1. The molecule has 2 rings (SSSR count). The van der Waals surface area contributed by atoms with E-state index in [-0.39, 0.29) is 5.41 Å². The molecule has 1 heterocycles. The second kappa shape index (κ2) is 4.12. The Bertz CT molecular complexity index is 408. The van der Waals surface area contributed by atoms with Gasteiger partial charge in [0.15, 0.2) is 0 Å². The highest BCUT2D eigenvalue weighted by Gasteiger charge is 2.57. The van der Waals surface area contributed by atoms with E-state index in [2.05, 4.69) is 0 Å². The Morgan fingerprint density at radius 1 is 1.21 bits per heavy atom. The summed E-state index contributed by atoms with van der Waals surface area (Å²) in [4.78, 5) is 25.2. The third kappa shape index (κ3) is 2.69. The SMILES string of the molecule is CC(C)(C)OC(=O)N1CCC2(CC2)CC1(C)C(=O)O. The summed E-state index contributed by atoms with van der Waals surface area (Å²) < 4.78 is 5.34. The summed E-state index contributed by atoms with van der Waals surface area (Å²) in [5.74, 6) is -0.940. The van der Waals surface area contributed by atoms with Gasteiger partial charge in [-0.1, -0.05) is 0 Å². The van der Waals surface area contributed by atoms with Crippen LogP contribution in [0.1, 0.15) is 53.4 Å². The Hall–Kier alpha value is -1.26. The number of ether oxygens (including phenoxy) is 1. The molecule has 5 nitrogen and oxygen atoms in total. The maximum absolute atomic E-state index is 12.2. The highest BCUT2D eigenvalue weighted by Crippen LogP contribution is 2.57. The summed E-state index contributed by atoms with van der Waals surface area (Å²) in [6.07, 6.45) is 3.06. The first kappa shape index (κ1) is 14.2. The second-order valence-electron chi connectivity index (χ2n) is 7.14. The monoisotopic (exact) mass is 269 g/mol. The number of carboxylic acid groups (broad SMARTS) is 1. The van der Waals surface area contributed by atoms with E-state index in [1.807, 2.05) is 0 Å².